The van der Waals surface area contributed by atoms with E-state index in [1.54, 1.807) is 0 Å². The molecule has 6 aromatic rings. The third-order valence-electron chi connectivity index (χ3n) is 6.05. The van der Waals surface area contributed by atoms with Crippen LogP contribution in [-0.2, 0) is 20.8 Å². The van der Waals surface area contributed by atoms with Gasteiger partial charge >= 0.3 is 37.9 Å². The fourth-order valence-electron chi connectivity index (χ4n) is 4.36. The SMILES string of the molecule is CC(C)c1cc2c(-c3ccccc3)cccc2[cH-]1.C[Si]C.[Cl][Zr+2][Cl].c1ccc2c(c1)[cH-]c1ccccc12. The van der Waals surface area contributed by atoms with Crippen LogP contribution in [0.2, 0.25) is 13.1 Å². The third kappa shape index (κ3) is 8.01. The van der Waals surface area contributed by atoms with Crippen LogP contribution in [0, 0.1) is 0 Å². The van der Waals surface area contributed by atoms with Gasteiger partial charge in [0.2, 0.25) is 0 Å². The second-order valence-electron chi connectivity index (χ2n) is 9.01. The van der Waals surface area contributed by atoms with Crippen molar-refractivity contribution in [1.29, 1.82) is 0 Å². The van der Waals surface area contributed by atoms with Gasteiger partial charge in [-0.3, -0.25) is 0 Å². The van der Waals surface area contributed by atoms with E-state index < -0.39 is 20.8 Å². The minimum Gasteiger partial charge on any atom is -0.126 e. The molecular weight excluding hydrogens is 587 g/mol. The van der Waals surface area contributed by atoms with Crippen LogP contribution < -0.4 is 0 Å². The standard InChI is InChI=1S/C18H17.C13H9.C2H6Si.2ClH.Zr/c1-13(2)16-11-15-9-6-10-17(18(15)12-16)14-7-4-3-5-8-14;1-3-7-12-10(5-1)9-11-6-2-4-8-13(11)12;1-3-2;;;/h3-13H,1-2H3;1-9H;1-2H3;2*1H;/q2*-1;;;;+4/p-2. The first-order chi connectivity index (χ1) is 18.0. The molecule has 0 spiro atoms. The van der Waals surface area contributed by atoms with Crippen molar-refractivity contribution < 1.29 is 20.8 Å². The molecule has 0 saturated heterocycles. The van der Waals surface area contributed by atoms with E-state index in [2.05, 4.69) is 142 Å². The number of rotatable bonds is 2. The van der Waals surface area contributed by atoms with Gasteiger partial charge in [-0.1, -0.05) is 105 Å². The van der Waals surface area contributed by atoms with Gasteiger partial charge in [0.1, 0.15) is 0 Å². The second-order valence-corrected chi connectivity index (χ2v) is 13.7. The molecule has 0 aliphatic heterocycles. The van der Waals surface area contributed by atoms with Crippen LogP contribution in [0.1, 0.15) is 25.3 Å². The summed E-state index contributed by atoms with van der Waals surface area (Å²) in [6.07, 6.45) is 0. The van der Waals surface area contributed by atoms with Gasteiger partial charge in [-0.2, -0.15) is 6.07 Å². The second kappa shape index (κ2) is 15.5. The van der Waals surface area contributed by atoms with E-state index >= 15 is 0 Å². The topological polar surface area (TPSA) is 0 Å². The minimum atomic E-state index is -0.826. The van der Waals surface area contributed by atoms with Crippen LogP contribution in [0.4, 0.5) is 0 Å². The number of hydrogen-bond acceptors (Lipinski definition) is 0. The van der Waals surface area contributed by atoms with E-state index in [1.807, 2.05) is 0 Å². The molecule has 0 atom stereocenters. The van der Waals surface area contributed by atoms with Crippen molar-refractivity contribution in [3.05, 3.63) is 121 Å². The number of hydrogen-bond donors (Lipinski definition) is 0. The van der Waals surface area contributed by atoms with Crippen molar-refractivity contribution in [3.63, 3.8) is 0 Å². The molecule has 2 radical (unpaired) electrons. The predicted molar refractivity (Wildman–Crippen MR) is 165 cm³/mol. The summed E-state index contributed by atoms with van der Waals surface area (Å²) < 4.78 is 0. The third-order valence-corrected chi connectivity index (χ3v) is 6.05. The van der Waals surface area contributed by atoms with Crippen molar-refractivity contribution in [2.75, 3.05) is 0 Å². The number of halogens is 2. The van der Waals surface area contributed by atoms with Crippen LogP contribution in [0.5, 0.6) is 0 Å². The first kappa shape index (κ1) is 29.6. The van der Waals surface area contributed by atoms with Crippen LogP contribution in [-0.4, -0.2) is 9.52 Å². The summed E-state index contributed by atoms with van der Waals surface area (Å²) in [6.45, 7) is 8.80. The summed E-state index contributed by atoms with van der Waals surface area (Å²) in [5, 5.41) is 8.11. The minimum absolute atomic E-state index is 0.584. The fraction of sp³-hybridized carbons (Fsp3) is 0.152. The summed E-state index contributed by atoms with van der Waals surface area (Å²) >= 11 is -0.826. The molecule has 0 amide bonds. The summed E-state index contributed by atoms with van der Waals surface area (Å²) in [7, 11) is 11.0. The van der Waals surface area contributed by atoms with E-state index in [0.29, 0.717) is 5.92 Å². The molecule has 37 heavy (non-hydrogen) atoms. The summed E-state index contributed by atoms with van der Waals surface area (Å²) in [5.74, 6) is 0.584. The molecule has 0 fully saturated rings. The molecule has 0 N–H and O–H groups in total. The average Bonchev–Trinajstić information content (AvgIpc) is 3.53. The Morgan fingerprint density at radius 2 is 1.08 bits per heavy atom. The molecule has 186 valence electrons. The molecule has 0 bridgehead atoms. The Morgan fingerprint density at radius 3 is 1.62 bits per heavy atom. The quantitative estimate of drug-likeness (QED) is 0.134. The molecule has 0 heterocycles. The Bertz CT molecular complexity index is 1450. The summed E-state index contributed by atoms with van der Waals surface area (Å²) in [6, 6.07) is 41.1. The molecule has 0 aromatic heterocycles. The molecule has 0 aliphatic carbocycles. The number of fused-ring (bicyclic) bond motifs is 4. The van der Waals surface area contributed by atoms with Gasteiger partial charge in [-0.05, 0) is 11.5 Å². The monoisotopic (exact) mass is 616 g/mol. The zero-order valence-electron chi connectivity index (χ0n) is 21.8. The maximum absolute atomic E-state index is 4.93. The van der Waals surface area contributed by atoms with Crippen LogP contribution in [0.25, 0.3) is 43.4 Å². The van der Waals surface area contributed by atoms with Crippen molar-refractivity contribution in [1.82, 2.24) is 0 Å². The summed E-state index contributed by atoms with van der Waals surface area (Å²) in [4.78, 5) is 0. The zero-order chi connectivity index (χ0) is 26.6. The molecule has 0 nitrogen and oxygen atoms in total. The maximum Gasteiger partial charge on any atom is -0.0771 e. The van der Waals surface area contributed by atoms with Crippen molar-refractivity contribution >= 4 is 58.9 Å². The normalized spacial score (nSPS) is 10.1. The molecule has 0 unspecified atom stereocenters. The van der Waals surface area contributed by atoms with Crippen LogP contribution in [0.3, 0.4) is 0 Å². The maximum atomic E-state index is 4.93. The van der Waals surface area contributed by atoms with E-state index in [9.17, 15) is 0 Å². The summed E-state index contributed by atoms with van der Waals surface area (Å²) in [5.41, 5.74) is 4.05. The fourth-order valence-corrected chi connectivity index (χ4v) is 4.36. The Balaban J connectivity index is 0.000000175. The van der Waals surface area contributed by atoms with Gasteiger partial charge in [0.25, 0.3) is 0 Å². The van der Waals surface area contributed by atoms with Gasteiger partial charge in [-0.15, -0.1) is 74.3 Å². The Kier molecular flexibility index (Phi) is 12.4. The van der Waals surface area contributed by atoms with E-state index in [0.717, 1.165) is 9.52 Å². The first-order valence-electron chi connectivity index (χ1n) is 12.4. The van der Waals surface area contributed by atoms with E-state index in [-0.39, 0.29) is 0 Å². The molecule has 0 aliphatic rings. The van der Waals surface area contributed by atoms with Crippen molar-refractivity contribution in [3.8, 4) is 11.1 Å². The van der Waals surface area contributed by atoms with Gasteiger partial charge in [0, 0.05) is 9.52 Å². The smallest absolute Gasteiger partial charge is 0.0771 e. The Morgan fingerprint density at radius 1 is 0.622 bits per heavy atom. The van der Waals surface area contributed by atoms with Crippen LogP contribution >= 0.6 is 17.0 Å². The largest absolute Gasteiger partial charge is 0.126 e. The molecule has 6 aromatic carbocycles. The van der Waals surface area contributed by atoms with Gasteiger partial charge in [0.15, 0.2) is 0 Å². The molecule has 0 saturated carbocycles. The van der Waals surface area contributed by atoms with Crippen molar-refractivity contribution in [2.24, 2.45) is 0 Å². The zero-order valence-corrected chi connectivity index (χ0v) is 26.8. The molecule has 4 heteroatoms. The Hall–Kier alpha value is -1.96. The Labute approximate surface area is 242 Å². The van der Waals surface area contributed by atoms with E-state index in [1.165, 1.54) is 49.0 Å². The van der Waals surface area contributed by atoms with Crippen molar-refractivity contribution in [2.45, 2.75) is 32.9 Å². The van der Waals surface area contributed by atoms with E-state index in [4.69, 9.17) is 17.0 Å². The molecule has 6 rings (SSSR count). The average molecular weight is 619 g/mol. The van der Waals surface area contributed by atoms with Gasteiger partial charge < -0.3 is 0 Å². The van der Waals surface area contributed by atoms with Crippen LogP contribution in [0.15, 0.2) is 115 Å². The predicted octanol–water partition coefficient (Wildman–Crippen LogP) is 11.2. The first-order valence-corrected chi connectivity index (χ1v) is 20.7. The molecular formula is C33H32Cl2SiZr. The van der Waals surface area contributed by atoms with Gasteiger partial charge in [0.05, 0.1) is 0 Å². The van der Waals surface area contributed by atoms with Gasteiger partial charge in [-0.25, -0.2) is 0 Å². The number of benzene rings is 4.